The highest BCUT2D eigenvalue weighted by Crippen LogP contribution is 2.30. The van der Waals surface area contributed by atoms with Crippen LogP contribution in [-0.2, 0) is 0 Å². The Bertz CT molecular complexity index is 534. The maximum Gasteiger partial charge on any atom is 0.151 e. The van der Waals surface area contributed by atoms with Gasteiger partial charge in [0.25, 0.3) is 0 Å². The Hall–Kier alpha value is -1.25. The van der Waals surface area contributed by atoms with Crippen molar-refractivity contribution in [2.24, 2.45) is 0 Å². The number of aldehydes is 1. The summed E-state index contributed by atoms with van der Waals surface area (Å²) in [4.78, 5) is 13.0. The monoisotopic (exact) mass is 262 g/mol. The zero-order chi connectivity index (χ0) is 12.3. The van der Waals surface area contributed by atoms with Crippen LogP contribution in [0.25, 0.3) is 0 Å². The van der Waals surface area contributed by atoms with E-state index in [0.717, 1.165) is 27.2 Å². The van der Waals surface area contributed by atoms with E-state index >= 15 is 0 Å². The summed E-state index contributed by atoms with van der Waals surface area (Å²) in [5.41, 5.74) is 1.82. The highest BCUT2D eigenvalue weighted by atomic mass is 35.5. The standard InChI is InChI=1S/C14H11ClOS/c1-10-2-7-14(11(8-10)9-16)17-13-5-3-12(15)4-6-13/h2-9H,1H3. The summed E-state index contributed by atoms with van der Waals surface area (Å²) in [7, 11) is 0. The van der Waals surface area contributed by atoms with Crippen LogP contribution in [0.2, 0.25) is 5.02 Å². The molecule has 0 unspecified atom stereocenters. The van der Waals surface area contributed by atoms with Crippen molar-refractivity contribution in [1.29, 1.82) is 0 Å². The highest BCUT2D eigenvalue weighted by Gasteiger charge is 2.04. The lowest BCUT2D eigenvalue weighted by Gasteiger charge is -2.05. The molecule has 0 heterocycles. The molecule has 0 aliphatic heterocycles. The smallest absolute Gasteiger partial charge is 0.151 e. The van der Waals surface area contributed by atoms with Crippen molar-refractivity contribution < 1.29 is 4.79 Å². The summed E-state index contributed by atoms with van der Waals surface area (Å²) in [6, 6.07) is 13.5. The van der Waals surface area contributed by atoms with Gasteiger partial charge >= 0.3 is 0 Å². The molecule has 0 saturated heterocycles. The largest absolute Gasteiger partial charge is 0.298 e. The SMILES string of the molecule is Cc1ccc(Sc2ccc(Cl)cc2)c(C=O)c1. The van der Waals surface area contributed by atoms with E-state index in [2.05, 4.69) is 0 Å². The van der Waals surface area contributed by atoms with E-state index in [1.54, 1.807) is 11.8 Å². The van der Waals surface area contributed by atoms with Gasteiger partial charge in [0.1, 0.15) is 0 Å². The van der Waals surface area contributed by atoms with Crippen LogP contribution in [-0.4, -0.2) is 6.29 Å². The molecule has 17 heavy (non-hydrogen) atoms. The van der Waals surface area contributed by atoms with Crippen LogP contribution < -0.4 is 0 Å². The summed E-state index contributed by atoms with van der Waals surface area (Å²) in [6.45, 7) is 1.98. The Morgan fingerprint density at radius 1 is 1.12 bits per heavy atom. The van der Waals surface area contributed by atoms with E-state index in [4.69, 9.17) is 11.6 Å². The first-order valence-electron chi connectivity index (χ1n) is 5.18. The third-order valence-electron chi connectivity index (χ3n) is 2.33. The number of benzene rings is 2. The van der Waals surface area contributed by atoms with Crippen LogP contribution in [0.15, 0.2) is 52.3 Å². The van der Waals surface area contributed by atoms with Gasteiger partial charge in [-0.2, -0.15) is 0 Å². The van der Waals surface area contributed by atoms with Crippen LogP contribution in [0.1, 0.15) is 15.9 Å². The fourth-order valence-corrected chi connectivity index (χ4v) is 2.50. The van der Waals surface area contributed by atoms with Crippen LogP contribution in [0, 0.1) is 6.92 Å². The van der Waals surface area contributed by atoms with Crippen LogP contribution >= 0.6 is 23.4 Å². The van der Waals surface area contributed by atoms with Crippen molar-refractivity contribution in [1.82, 2.24) is 0 Å². The molecule has 0 aliphatic carbocycles. The molecule has 0 bridgehead atoms. The summed E-state index contributed by atoms with van der Waals surface area (Å²) in [5, 5.41) is 0.717. The van der Waals surface area contributed by atoms with Gasteiger partial charge in [-0.15, -0.1) is 0 Å². The number of hydrogen-bond acceptors (Lipinski definition) is 2. The summed E-state index contributed by atoms with van der Waals surface area (Å²) >= 11 is 7.39. The average Bonchev–Trinajstić information content (AvgIpc) is 2.34. The molecule has 0 saturated carbocycles. The molecular formula is C14H11ClOS. The molecule has 2 rings (SSSR count). The van der Waals surface area contributed by atoms with Crippen LogP contribution in [0.3, 0.4) is 0 Å². The van der Waals surface area contributed by atoms with Crippen molar-refractivity contribution in [3.63, 3.8) is 0 Å². The van der Waals surface area contributed by atoms with Gasteiger partial charge in [-0.1, -0.05) is 35.0 Å². The Morgan fingerprint density at radius 3 is 2.47 bits per heavy atom. The van der Waals surface area contributed by atoms with Gasteiger partial charge in [0.05, 0.1) is 0 Å². The fourth-order valence-electron chi connectivity index (χ4n) is 1.48. The molecule has 2 aromatic rings. The maximum absolute atomic E-state index is 11.0. The Labute approximate surface area is 110 Å². The third kappa shape index (κ3) is 3.11. The van der Waals surface area contributed by atoms with Gasteiger partial charge in [-0.25, -0.2) is 0 Å². The topological polar surface area (TPSA) is 17.1 Å². The van der Waals surface area contributed by atoms with Crippen molar-refractivity contribution >= 4 is 29.6 Å². The molecule has 0 amide bonds. The van der Waals surface area contributed by atoms with Crippen molar-refractivity contribution in [2.75, 3.05) is 0 Å². The fraction of sp³-hybridized carbons (Fsp3) is 0.0714. The number of halogens is 1. The average molecular weight is 263 g/mol. The lowest BCUT2D eigenvalue weighted by molar-refractivity contribution is 0.112. The molecule has 0 radical (unpaired) electrons. The second kappa shape index (κ2) is 5.39. The van der Waals surface area contributed by atoms with E-state index < -0.39 is 0 Å². The molecule has 3 heteroatoms. The lowest BCUT2D eigenvalue weighted by atomic mass is 10.2. The summed E-state index contributed by atoms with van der Waals surface area (Å²) in [6.07, 6.45) is 0.894. The quantitative estimate of drug-likeness (QED) is 0.752. The molecular weight excluding hydrogens is 252 g/mol. The van der Waals surface area contributed by atoms with Gasteiger partial charge in [-0.05, 0) is 43.3 Å². The summed E-state index contributed by atoms with van der Waals surface area (Å²) < 4.78 is 0. The Kier molecular flexibility index (Phi) is 3.87. The van der Waals surface area contributed by atoms with Gasteiger partial charge in [0.2, 0.25) is 0 Å². The van der Waals surface area contributed by atoms with Crippen molar-refractivity contribution in [2.45, 2.75) is 16.7 Å². The minimum Gasteiger partial charge on any atom is -0.298 e. The zero-order valence-corrected chi connectivity index (χ0v) is 10.9. The second-order valence-electron chi connectivity index (χ2n) is 3.72. The molecule has 0 spiro atoms. The van der Waals surface area contributed by atoms with E-state index in [-0.39, 0.29) is 0 Å². The number of carbonyl (C=O) groups is 1. The van der Waals surface area contributed by atoms with E-state index in [0.29, 0.717) is 5.02 Å². The molecule has 2 aromatic carbocycles. The Morgan fingerprint density at radius 2 is 1.82 bits per heavy atom. The normalized spacial score (nSPS) is 10.2. The van der Waals surface area contributed by atoms with Crippen LogP contribution in [0.4, 0.5) is 0 Å². The van der Waals surface area contributed by atoms with Gasteiger partial charge < -0.3 is 0 Å². The van der Waals surface area contributed by atoms with E-state index in [1.165, 1.54) is 0 Å². The van der Waals surface area contributed by atoms with Crippen LogP contribution in [0.5, 0.6) is 0 Å². The molecule has 0 aliphatic rings. The number of aryl methyl sites for hydroxylation is 1. The van der Waals surface area contributed by atoms with E-state index in [1.807, 2.05) is 49.4 Å². The molecule has 0 atom stereocenters. The number of hydrogen-bond donors (Lipinski definition) is 0. The molecule has 0 aromatic heterocycles. The summed E-state index contributed by atoms with van der Waals surface area (Å²) in [5.74, 6) is 0. The minimum atomic E-state index is 0.717. The first kappa shape index (κ1) is 12.2. The highest BCUT2D eigenvalue weighted by molar-refractivity contribution is 7.99. The third-order valence-corrected chi connectivity index (χ3v) is 3.69. The molecule has 0 fully saturated rings. The molecule has 1 nitrogen and oxygen atoms in total. The first-order valence-corrected chi connectivity index (χ1v) is 6.38. The predicted octanol–water partition coefficient (Wildman–Crippen LogP) is 4.61. The zero-order valence-electron chi connectivity index (χ0n) is 9.31. The minimum absolute atomic E-state index is 0.717. The van der Waals surface area contributed by atoms with E-state index in [9.17, 15) is 4.79 Å². The number of carbonyl (C=O) groups excluding carboxylic acids is 1. The number of rotatable bonds is 3. The second-order valence-corrected chi connectivity index (χ2v) is 5.27. The van der Waals surface area contributed by atoms with Gasteiger partial charge in [0, 0.05) is 20.4 Å². The van der Waals surface area contributed by atoms with Gasteiger partial charge in [-0.3, -0.25) is 4.79 Å². The van der Waals surface area contributed by atoms with Crippen molar-refractivity contribution in [3.8, 4) is 0 Å². The predicted molar refractivity (Wildman–Crippen MR) is 72.1 cm³/mol. The Balaban J connectivity index is 2.29. The molecule has 0 N–H and O–H groups in total. The lowest BCUT2D eigenvalue weighted by Crippen LogP contribution is -1.86. The first-order chi connectivity index (χ1) is 8.19. The molecule has 86 valence electrons. The van der Waals surface area contributed by atoms with Gasteiger partial charge in [0.15, 0.2) is 6.29 Å². The maximum atomic E-state index is 11.0. The van der Waals surface area contributed by atoms with Crippen molar-refractivity contribution in [3.05, 3.63) is 58.6 Å².